The largest absolute Gasteiger partial charge is 0.379 e. The van der Waals surface area contributed by atoms with Gasteiger partial charge in [0.15, 0.2) is 0 Å². The van der Waals surface area contributed by atoms with E-state index in [1.54, 1.807) is 16.2 Å². The topological polar surface area (TPSA) is 71.7 Å². The second-order valence-corrected chi connectivity index (χ2v) is 8.22. The Bertz CT molecular complexity index is 809. The Morgan fingerprint density at radius 1 is 1.26 bits per heavy atom. The number of hydrogen-bond acceptors (Lipinski definition) is 5. The van der Waals surface area contributed by atoms with Crippen LogP contribution >= 0.6 is 22.9 Å². The van der Waals surface area contributed by atoms with Crippen molar-refractivity contribution in [2.45, 2.75) is 24.9 Å². The van der Waals surface area contributed by atoms with Crippen LogP contribution in [-0.2, 0) is 4.74 Å². The molecule has 4 rings (SSSR count). The number of carbonyl (C=O) groups excluding carboxylic acids is 1. The summed E-state index contributed by atoms with van der Waals surface area (Å²) >= 11 is 7.89. The summed E-state index contributed by atoms with van der Waals surface area (Å²) in [5.41, 5.74) is 7.43. The van der Waals surface area contributed by atoms with Gasteiger partial charge in [-0.3, -0.25) is 4.90 Å². The van der Waals surface area contributed by atoms with Crippen LogP contribution < -0.4 is 5.73 Å². The smallest absolute Gasteiger partial charge is 0.315 e. The molecule has 6 nitrogen and oxygen atoms in total. The third kappa shape index (κ3) is 3.96. The zero-order chi connectivity index (χ0) is 18.8. The Morgan fingerprint density at radius 2 is 2.04 bits per heavy atom. The SMILES string of the molecule is NC(=O)N1CCC(N2CCOCC2)CC1c1nc(-c2ccccc2Cl)cs1. The second kappa shape index (κ2) is 8.14. The highest BCUT2D eigenvalue weighted by atomic mass is 35.5. The van der Waals surface area contributed by atoms with E-state index in [0.717, 1.165) is 55.4 Å². The molecule has 2 aliphatic heterocycles. The summed E-state index contributed by atoms with van der Waals surface area (Å²) in [6.45, 7) is 4.08. The Labute approximate surface area is 167 Å². The van der Waals surface area contributed by atoms with Gasteiger partial charge in [-0.15, -0.1) is 11.3 Å². The van der Waals surface area contributed by atoms with E-state index >= 15 is 0 Å². The molecule has 2 N–H and O–H groups in total. The van der Waals surface area contributed by atoms with Crippen molar-refractivity contribution in [3.8, 4) is 11.3 Å². The molecule has 1 aromatic heterocycles. The van der Waals surface area contributed by atoms with Crippen LogP contribution in [-0.4, -0.2) is 59.7 Å². The van der Waals surface area contributed by atoms with Gasteiger partial charge in [-0.05, 0) is 18.9 Å². The number of rotatable bonds is 3. The molecule has 1 aromatic carbocycles. The molecule has 0 saturated carbocycles. The summed E-state index contributed by atoms with van der Waals surface area (Å²) in [6.07, 6.45) is 1.78. The van der Waals surface area contributed by atoms with Gasteiger partial charge in [-0.1, -0.05) is 29.8 Å². The van der Waals surface area contributed by atoms with Crippen molar-refractivity contribution < 1.29 is 9.53 Å². The number of carbonyl (C=O) groups is 1. The quantitative estimate of drug-likeness (QED) is 0.848. The van der Waals surface area contributed by atoms with Crippen LogP contribution in [0.25, 0.3) is 11.3 Å². The maximum atomic E-state index is 12.0. The minimum absolute atomic E-state index is 0.0923. The molecule has 2 aromatic rings. The molecule has 0 bridgehead atoms. The van der Waals surface area contributed by atoms with E-state index in [2.05, 4.69) is 4.90 Å². The van der Waals surface area contributed by atoms with Crippen molar-refractivity contribution in [1.29, 1.82) is 0 Å². The number of hydrogen-bond donors (Lipinski definition) is 1. The van der Waals surface area contributed by atoms with Crippen LogP contribution in [0.5, 0.6) is 0 Å². The van der Waals surface area contributed by atoms with Gasteiger partial charge >= 0.3 is 6.03 Å². The van der Waals surface area contributed by atoms with Crippen molar-refractivity contribution in [1.82, 2.24) is 14.8 Å². The van der Waals surface area contributed by atoms with Crippen molar-refractivity contribution in [3.05, 3.63) is 39.7 Å². The zero-order valence-electron chi connectivity index (χ0n) is 15.0. The first-order valence-electron chi connectivity index (χ1n) is 9.21. The van der Waals surface area contributed by atoms with Gasteiger partial charge in [0.1, 0.15) is 5.01 Å². The molecule has 3 heterocycles. The highest BCUT2D eigenvalue weighted by molar-refractivity contribution is 7.10. The van der Waals surface area contributed by atoms with Crippen molar-refractivity contribution >= 4 is 29.0 Å². The van der Waals surface area contributed by atoms with Gasteiger partial charge in [0.25, 0.3) is 0 Å². The van der Waals surface area contributed by atoms with E-state index in [-0.39, 0.29) is 12.1 Å². The van der Waals surface area contributed by atoms with E-state index < -0.39 is 0 Å². The molecule has 27 heavy (non-hydrogen) atoms. The number of amides is 2. The summed E-state index contributed by atoms with van der Waals surface area (Å²) < 4.78 is 5.48. The monoisotopic (exact) mass is 406 g/mol. The Balaban J connectivity index is 1.58. The van der Waals surface area contributed by atoms with Gasteiger partial charge in [0.05, 0.1) is 24.9 Å². The lowest BCUT2D eigenvalue weighted by molar-refractivity contribution is -0.00439. The van der Waals surface area contributed by atoms with Crippen molar-refractivity contribution in [3.63, 3.8) is 0 Å². The molecular formula is C19H23ClN4O2S. The second-order valence-electron chi connectivity index (χ2n) is 6.92. The van der Waals surface area contributed by atoms with E-state index in [4.69, 9.17) is 27.1 Å². The zero-order valence-corrected chi connectivity index (χ0v) is 16.6. The molecule has 144 valence electrons. The summed E-state index contributed by atoms with van der Waals surface area (Å²) in [5.74, 6) is 0. The number of piperidine rings is 1. The number of likely N-dealkylation sites (tertiary alicyclic amines) is 1. The van der Waals surface area contributed by atoms with Crippen LogP contribution in [0.4, 0.5) is 4.79 Å². The number of benzene rings is 1. The number of ether oxygens (including phenoxy) is 1. The van der Waals surface area contributed by atoms with E-state index in [1.165, 1.54) is 0 Å². The number of morpholine rings is 1. The maximum Gasteiger partial charge on any atom is 0.315 e. The van der Waals surface area contributed by atoms with Gasteiger partial charge in [0, 0.05) is 41.6 Å². The molecule has 2 fully saturated rings. The molecule has 2 saturated heterocycles. The number of halogens is 1. The lowest BCUT2D eigenvalue weighted by atomic mass is 9.96. The van der Waals surface area contributed by atoms with Crippen LogP contribution in [0.15, 0.2) is 29.6 Å². The summed E-state index contributed by atoms with van der Waals surface area (Å²) in [4.78, 5) is 21.1. The fourth-order valence-electron chi connectivity index (χ4n) is 3.95. The first-order valence-corrected chi connectivity index (χ1v) is 10.5. The molecule has 0 spiro atoms. The number of thiazole rings is 1. The third-order valence-corrected chi connectivity index (χ3v) is 6.65. The van der Waals surface area contributed by atoms with Gasteiger partial charge in [-0.25, -0.2) is 9.78 Å². The van der Waals surface area contributed by atoms with Gasteiger partial charge < -0.3 is 15.4 Å². The molecular weight excluding hydrogens is 384 g/mol. The fourth-order valence-corrected chi connectivity index (χ4v) is 5.13. The first kappa shape index (κ1) is 18.7. The highest BCUT2D eigenvalue weighted by Gasteiger charge is 2.36. The van der Waals surface area contributed by atoms with Gasteiger partial charge in [-0.2, -0.15) is 0 Å². The van der Waals surface area contributed by atoms with Crippen LogP contribution in [0.3, 0.4) is 0 Å². The lowest BCUT2D eigenvalue weighted by Gasteiger charge is -2.43. The fraction of sp³-hybridized carbons (Fsp3) is 0.474. The minimum Gasteiger partial charge on any atom is -0.379 e. The van der Waals surface area contributed by atoms with E-state index in [0.29, 0.717) is 17.6 Å². The third-order valence-electron chi connectivity index (χ3n) is 5.38. The van der Waals surface area contributed by atoms with E-state index in [9.17, 15) is 4.79 Å². The number of urea groups is 1. The predicted molar refractivity (Wildman–Crippen MR) is 107 cm³/mol. The van der Waals surface area contributed by atoms with Gasteiger partial charge in [0.2, 0.25) is 0 Å². The van der Waals surface area contributed by atoms with Crippen LogP contribution in [0.2, 0.25) is 5.02 Å². The Morgan fingerprint density at radius 3 is 2.78 bits per heavy atom. The number of nitrogens with zero attached hydrogens (tertiary/aromatic N) is 3. The standard InChI is InChI=1S/C19H23ClN4O2S/c20-15-4-2-1-3-14(15)16-12-27-18(22-16)17-11-13(5-6-24(17)19(21)25)23-7-9-26-10-8-23/h1-4,12-13,17H,5-11H2,(H2,21,25). The predicted octanol–water partition coefficient (Wildman–Crippen LogP) is 3.38. The van der Waals surface area contributed by atoms with Crippen molar-refractivity contribution in [2.24, 2.45) is 5.73 Å². The molecule has 2 atom stereocenters. The summed E-state index contributed by atoms with van der Waals surface area (Å²) in [6, 6.07) is 7.63. The molecule has 8 heteroatoms. The van der Waals surface area contributed by atoms with Crippen molar-refractivity contribution in [2.75, 3.05) is 32.8 Å². The number of aromatic nitrogens is 1. The lowest BCUT2D eigenvalue weighted by Crippen LogP contribution is -2.52. The average molecular weight is 407 g/mol. The highest BCUT2D eigenvalue weighted by Crippen LogP contribution is 2.37. The number of nitrogens with two attached hydrogens (primary N) is 1. The maximum absolute atomic E-state index is 12.0. The Hall–Kier alpha value is -1.67. The average Bonchev–Trinajstić information content (AvgIpc) is 3.18. The Kier molecular flexibility index (Phi) is 5.63. The molecule has 2 aliphatic rings. The minimum atomic E-state index is -0.380. The summed E-state index contributed by atoms with van der Waals surface area (Å²) in [5, 5.41) is 3.60. The molecule has 0 aliphatic carbocycles. The summed E-state index contributed by atoms with van der Waals surface area (Å²) in [7, 11) is 0. The normalized spacial score (nSPS) is 24.1. The number of primary amides is 1. The van der Waals surface area contributed by atoms with E-state index in [1.807, 2.05) is 29.6 Å². The molecule has 2 unspecified atom stereocenters. The molecule has 0 radical (unpaired) electrons. The molecule has 2 amide bonds. The first-order chi connectivity index (χ1) is 13.1. The van der Waals surface area contributed by atoms with Crippen LogP contribution in [0.1, 0.15) is 23.9 Å². The van der Waals surface area contributed by atoms with Crippen LogP contribution in [0, 0.1) is 0 Å².